The molecule has 1 aromatic carbocycles. The van der Waals surface area contributed by atoms with Crippen LogP contribution >= 0.6 is 24.0 Å². The molecule has 9 heteroatoms. The third kappa shape index (κ3) is 4.77. The molecule has 0 saturated carbocycles. The molecule has 0 bridgehead atoms. The quantitative estimate of drug-likeness (QED) is 0.334. The molecular formula is C20H25FIN7. The van der Waals surface area contributed by atoms with E-state index in [9.17, 15) is 4.39 Å². The zero-order valence-electron chi connectivity index (χ0n) is 16.5. The molecular weight excluding hydrogens is 484 g/mol. The van der Waals surface area contributed by atoms with Crippen molar-refractivity contribution in [2.45, 2.75) is 18.9 Å². The average Bonchev–Trinajstić information content (AvgIpc) is 3.44. The molecule has 7 nitrogen and oxygen atoms in total. The number of aliphatic imine (C=N–C) groups is 1. The molecule has 2 aromatic heterocycles. The van der Waals surface area contributed by atoms with Crippen molar-refractivity contribution in [3.05, 3.63) is 66.3 Å². The maximum Gasteiger partial charge on any atom is 0.193 e. The Labute approximate surface area is 186 Å². The highest BCUT2D eigenvalue weighted by molar-refractivity contribution is 14.0. The number of likely N-dealkylation sites (tertiary alicyclic amines) is 1. The molecule has 1 saturated heterocycles. The summed E-state index contributed by atoms with van der Waals surface area (Å²) in [6.07, 6.45) is 10.0. The first-order valence-corrected chi connectivity index (χ1v) is 9.35. The Morgan fingerprint density at radius 3 is 2.90 bits per heavy atom. The number of imidazole rings is 1. The standard InChI is InChI=1S/C20H24FN7.HI/c1-22-20(27-7-5-16(13-27)17-11-25-26(2)12-17)24-10-15-3-4-19(18(21)9-15)28-8-6-23-14-28;/h3-4,6,8-9,11-12,14,16H,5,7,10,13H2,1-2H3,(H,22,24);1H. The van der Waals surface area contributed by atoms with E-state index in [0.717, 1.165) is 31.0 Å². The predicted molar refractivity (Wildman–Crippen MR) is 121 cm³/mol. The maximum atomic E-state index is 14.4. The van der Waals surface area contributed by atoms with Crippen LogP contribution in [-0.2, 0) is 13.6 Å². The molecule has 29 heavy (non-hydrogen) atoms. The van der Waals surface area contributed by atoms with Crippen LogP contribution in [-0.4, -0.2) is 50.3 Å². The van der Waals surface area contributed by atoms with Gasteiger partial charge < -0.3 is 14.8 Å². The van der Waals surface area contributed by atoms with Gasteiger partial charge in [0, 0.05) is 58.2 Å². The number of aryl methyl sites for hydroxylation is 1. The molecule has 1 aliphatic heterocycles. The van der Waals surface area contributed by atoms with Crippen LogP contribution in [0.25, 0.3) is 5.69 Å². The van der Waals surface area contributed by atoms with Crippen LogP contribution < -0.4 is 5.32 Å². The topological polar surface area (TPSA) is 63.3 Å². The van der Waals surface area contributed by atoms with Crippen LogP contribution in [0.3, 0.4) is 0 Å². The van der Waals surface area contributed by atoms with Crippen molar-refractivity contribution < 1.29 is 4.39 Å². The third-order valence-corrected chi connectivity index (χ3v) is 5.14. The summed E-state index contributed by atoms with van der Waals surface area (Å²) in [5, 5.41) is 7.63. The lowest BCUT2D eigenvalue weighted by atomic mass is 10.0. The van der Waals surface area contributed by atoms with E-state index in [1.807, 2.05) is 24.0 Å². The van der Waals surface area contributed by atoms with Crippen molar-refractivity contribution in [3.8, 4) is 5.69 Å². The molecule has 1 unspecified atom stereocenters. The van der Waals surface area contributed by atoms with E-state index in [1.54, 1.807) is 42.5 Å². The van der Waals surface area contributed by atoms with Crippen LogP contribution in [0, 0.1) is 5.82 Å². The lowest BCUT2D eigenvalue weighted by Crippen LogP contribution is -2.39. The van der Waals surface area contributed by atoms with Gasteiger partial charge in [-0.1, -0.05) is 6.07 Å². The van der Waals surface area contributed by atoms with Gasteiger partial charge in [0.15, 0.2) is 5.96 Å². The number of hydrogen-bond donors (Lipinski definition) is 1. The summed E-state index contributed by atoms with van der Waals surface area (Å²) in [6.45, 7) is 2.36. The predicted octanol–water partition coefficient (Wildman–Crippen LogP) is 2.93. The highest BCUT2D eigenvalue weighted by Gasteiger charge is 2.26. The third-order valence-electron chi connectivity index (χ3n) is 5.14. The molecule has 1 N–H and O–H groups in total. The number of aromatic nitrogens is 4. The smallest absolute Gasteiger partial charge is 0.193 e. The zero-order chi connectivity index (χ0) is 19.5. The van der Waals surface area contributed by atoms with Gasteiger partial charge in [-0.25, -0.2) is 9.37 Å². The molecule has 1 atom stereocenters. The van der Waals surface area contributed by atoms with E-state index in [4.69, 9.17) is 0 Å². The SMILES string of the molecule is CN=C(NCc1ccc(-n2ccnc2)c(F)c1)N1CCC(c2cnn(C)c2)C1.I. The van der Waals surface area contributed by atoms with Crippen LogP contribution in [0.15, 0.2) is 54.3 Å². The fourth-order valence-corrected chi connectivity index (χ4v) is 3.66. The molecule has 0 spiro atoms. The Bertz CT molecular complexity index is 967. The van der Waals surface area contributed by atoms with E-state index in [0.29, 0.717) is 18.2 Å². The number of nitrogens with one attached hydrogen (secondary N) is 1. The maximum absolute atomic E-state index is 14.4. The highest BCUT2D eigenvalue weighted by Crippen LogP contribution is 2.26. The van der Waals surface area contributed by atoms with E-state index in [2.05, 4.69) is 31.5 Å². The van der Waals surface area contributed by atoms with Crippen LogP contribution in [0.1, 0.15) is 23.5 Å². The first kappa shape index (κ1) is 21.3. The molecule has 1 aliphatic rings. The number of benzene rings is 1. The number of nitrogens with zero attached hydrogens (tertiary/aromatic N) is 6. The first-order chi connectivity index (χ1) is 13.6. The Balaban J connectivity index is 0.00000240. The minimum Gasteiger partial charge on any atom is -0.352 e. The fourth-order valence-electron chi connectivity index (χ4n) is 3.66. The Kier molecular flexibility index (Phi) is 6.88. The van der Waals surface area contributed by atoms with Gasteiger partial charge in [-0.3, -0.25) is 9.67 Å². The van der Waals surface area contributed by atoms with Gasteiger partial charge in [0.25, 0.3) is 0 Å². The van der Waals surface area contributed by atoms with E-state index >= 15 is 0 Å². The van der Waals surface area contributed by atoms with E-state index in [-0.39, 0.29) is 29.8 Å². The monoisotopic (exact) mass is 509 g/mol. The normalized spacial score (nSPS) is 16.7. The van der Waals surface area contributed by atoms with Gasteiger partial charge in [0.2, 0.25) is 0 Å². The van der Waals surface area contributed by atoms with Gasteiger partial charge in [-0.15, -0.1) is 24.0 Å². The second-order valence-corrected chi connectivity index (χ2v) is 7.04. The minimum absolute atomic E-state index is 0. The number of guanidine groups is 1. The summed E-state index contributed by atoms with van der Waals surface area (Å²) in [6, 6.07) is 5.24. The summed E-state index contributed by atoms with van der Waals surface area (Å²) in [4.78, 5) is 10.6. The zero-order valence-corrected chi connectivity index (χ0v) is 18.8. The van der Waals surface area contributed by atoms with Crippen molar-refractivity contribution in [1.82, 2.24) is 29.5 Å². The summed E-state index contributed by atoms with van der Waals surface area (Å²) in [7, 11) is 3.72. The minimum atomic E-state index is -0.273. The molecule has 3 heterocycles. The largest absolute Gasteiger partial charge is 0.352 e. The van der Waals surface area contributed by atoms with Crippen molar-refractivity contribution in [1.29, 1.82) is 0 Å². The van der Waals surface area contributed by atoms with Crippen molar-refractivity contribution >= 4 is 29.9 Å². The van der Waals surface area contributed by atoms with Crippen molar-refractivity contribution in [2.24, 2.45) is 12.0 Å². The number of rotatable bonds is 4. The van der Waals surface area contributed by atoms with E-state index in [1.165, 1.54) is 5.56 Å². The molecule has 0 amide bonds. The lowest BCUT2D eigenvalue weighted by molar-refractivity contribution is 0.485. The fraction of sp³-hybridized carbons (Fsp3) is 0.350. The first-order valence-electron chi connectivity index (χ1n) is 9.35. The highest BCUT2D eigenvalue weighted by atomic mass is 127. The molecule has 4 rings (SSSR count). The van der Waals surface area contributed by atoms with E-state index < -0.39 is 0 Å². The van der Waals surface area contributed by atoms with Gasteiger partial charge in [0.05, 0.1) is 18.2 Å². The lowest BCUT2D eigenvalue weighted by Gasteiger charge is -2.21. The molecule has 0 radical (unpaired) electrons. The number of hydrogen-bond acceptors (Lipinski definition) is 3. The van der Waals surface area contributed by atoms with Gasteiger partial charge in [0.1, 0.15) is 5.82 Å². The number of halogens is 2. The Hall–Kier alpha value is -2.43. The summed E-state index contributed by atoms with van der Waals surface area (Å²) in [5.74, 6) is 1.02. The van der Waals surface area contributed by atoms with Crippen molar-refractivity contribution in [3.63, 3.8) is 0 Å². The Morgan fingerprint density at radius 2 is 2.24 bits per heavy atom. The second-order valence-electron chi connectivity index (χ2n) is 7.04. The molecule has 1 fully saturated rings. The second kappa shape index (κ2) is 9.38. The van der Waals surface area contributed by atoms with Crippen molar-refractivity contribution in [2.75, 3.05) is 20.1 Å². The van der Waals surface area contributed by atoms with Crippen LogP contribution in [0.2, 0.25) is 0 Å². The van der Waals surface area contributed by atoms with Gasteiger partial charge >= 0.3 is 0 Å². The summed E-state index contributed by atoms with van der Waals surface area (Å²) in [5.41, 5.74) is 2.62. The van der Waals surface area contributed by atoms with Crippen LogP contribution in [0.5, 0.6) is 0 Å². The summed E-state index contributed by atoms with van der Waals surface area (Å²) < 4.78 is 17.9. The average molecular weight is 509 g/mol. The van der Waals surface area contributed by atoms with Gasteiger partial charge in [-0.2, -0.15) is 5.10 Å². The molecule has 3 aromatic rings. The van der Waals surface area contributed by atoms with Gasteiger partial charge in [-0.05, 0) is 29.7 Å². The van der Waals surface area contributed by atoms with Crippen LogP contribution in [0.4, 0.5) is 4.39 Å². The Morgan fingerprint density at radius 1 is 1.38 bits per heavy atom. The summed E-state index contributed by atoms with van der Waals surface area (Å²) >= 11 is 0. The molecule has 154 valence electrons. The molecule has 0 aliphatic carbocycles.